The molecule has 0 bridgehead atoms. The molecule has 26 heavy (non-hydrogen) atoms. The Bertz CT molecular complexity index is 885. The molecule has 1 atom stereocenters. The summed E-state index contributed by atoms with van der Waals surface area (Å²) in [6, 6.07) is 15.2. The first-order valence-electron chi connectivity index (χ1n) is 9.74. The summed E-state index contributed by atoms with van der Waals surface area (Å²) in [4.78, 5) is 2.68. The van der Waals surface area contributed by atoms with Crippen LogP contribution in [0.1, 0.15) is 36.5 Å². The molecule has 0 aliphatic heterocycles. The summed E-state index contributed by atoms with van der Waals surface area (Å²) in [5.74, 6) is 0.399. The average Bonchev–Trinajstić information content (AvgIpc) is 3.08. The first-order valence-corrected chi connectivity index (χ1v) is 10.6. The summed E-state index contributed by atoms with van der Waals surface area (Å²) in [6.45, 7) is 4.55. The Kier molecular flexibility index (Phi) is 5.28. The van der Waals surface area contributed by atoms with Gasteiger partial charge in [0.25, 0.3) is 0 Å². The van der Waals surface area contributed by atoms with Gasteiger partial charge in [0.2, 0.25) is 0 Å². The highest BCUT2D eigenvalue weighted by Gasteiger charge is 2.24. The number of phenolic OH excluding ortho intramolecular Hbond substituents is 1. The van der Waals surface area contributed by atoms with Gasteiger partial charge in [0.1, 0.15) is 5.75 Å². The van der Waals surface area contributed by atoms with Crippen LogP contribution in [0.2, 0.25) is 0 Å². The third-order valence-electron chi connectivity index (χ3n) is 5.65. The van der Waals surface area contributed by atoms with Crippen LogP contribution in [0, 0.1) is 0 Å². The van der Waals surface area contributed by atoms with E-state index in [9.17, 15) is 5.11 Å². The quantitative estimate of drug-likeness (QED) is 0.630. The molecule has 3 heteroatoms. The van der Waals surface area contributed by atoms with Crippen molar-refractivity contribution in [1.29, 1.82) is 0 Å². The van der Waals surface area contributed by atoms with Crippen LogP contribution in [-0.4, -0.2) is 29.1 Å². The zero-order valence-corrected chi connectivity index (χ0v) is 16.3. The fourth-order valence-electron chi connectivity index (χ4n) is 4.29. The van der Waals surface area contributed by atoms with E-state index in [2.05, 4.69) is 47.5 Å². The van der Waals surface area contributed by atoms with E-state index in [4.69, 9.17) is 0 Å². The van der Waals surface area contributed by atoms with Gasteiger partial charge in [-0.3, -0.25) is 4.90 Å². The van der Waals surface area contributed by atoms with Crippen LogP contribution in [-0.2, 0) is 19.3 Å². The Morgan fingerprint density at radius 1 is 1.12 bits per heavy atom. The van der Waals surface area contributed by atoms with Gasteiger partial charge in [-0.2, -0.15) is 0 Å². The summed E-state index contributed by atoms with van der Waals surface area (Å²) in [5, 5.41) is 13.6. The second-order valence-electron chi connectivity index (χ2n) is 7.39. The monoisotopic (exact) mass is 365 g/mol. The lowest BCUT2D eigenvalue weighted by atomic mass is 9.87. The maximum atomic E-state index is 9.83. The van der Waals surface area contributed by atoms with Crippen molar-refractivity contribution in [3.63, 3.8) is 0 Å². The molecule has 0 saturated heterocycles. The zero-order valence-electron chi connectivity index (χ0n) is 15.4. The van der Waals surface area contributed by atoms with Crippen molar-refractivity contribution in [3.05, 3.63) is 64.5 Å². The van der Waals surface area contributed by atoms with E-state index in [0.717, 1.165) is 32.4 Å². The maximum absolute atomic E-state index is 9.83. The van der Waals surface area contributed by atoms with E-state index < -0.39 is 0 Å². The normalized spacial score (nSPS) is 16.9. The molecule has 1 aliphatic rings. The van der Waals surface area contributed by atoms with Crippen molar-refractivity contribution in [3.8, 4) is 5.75 Å². The van der Waals surface area contributed by atoms with Gasteiger partial charge in [-0.05, 0) is 84.3 Å². The van der Waals surface area contributed by atoms with E-state index in [1.807, 2.05) is 23.5 Å². The Labute approximate surface area is 160 Å². The van der Waals surface area contributed by atoms with Crippen LogP contribution < -0.4 is 0 Å². The molecular formula is C23H27NOS. The fourth-order valence-corrected chi connectivity index (χ4v) is 5.29. The number of benzene rings is 2. The molecule has 1 aromatic heterocycles. The lowest BCUT2D eigenvalue weighted by Gasteiger charge is -2.35. The van der Waals surface area contributed by atoms with Crippen molar-refractivity contribution in [1.82, 2.24) is 4.90 Å². The van der Waals surface area contributed by atoms with E-state index in [0.29, 0.717) is 11.8 Å². The van der Waals surface area contributed by atoms with Crippen LogP contribution in [0.25, 0.3) is 10.1 Å². The maximum Gasteiger partial charge on any atom is 0.115 e. The highest BCUT2D eigenvalue weighted by atomic mass is 32.1. The standard InChI is InChI=1S/C23H27NOS/c1-2-12-24(13-11-18-16-26-23-6-4-3-5-22(18)23)20-9-7-17-8-10-21(25)15-19(17)14-20/h3-6,8,10,15-16,20,25H,2,7,9,11-14H2,1H3. The Morgan fingerprint density at radius 2 is 2.00 bits per heavy atom. The number of thiophene rings is 1. The second kappa shape index (κ2) is 7.81. The van der Waals surface area contributed by atoms with Crippen molar-refractivity contribution in [2.45, 2.75) is 45.1 Å². The van der Waals surface area contributed by atoms with E-state index in [1.165, 1.54) is 39.6 Å². The molecule has 2 nitrogen and oxygen atoms in total. The molecule has 3 aromatic rings. The number of phenols is 1. The molecule has 4 rings (SSSR count). The number of fused-ring (bicyclic) bond motifs is 2. The minimum atomic E-state index is 0.399. The molecule has 1 unspecified atom stereocenters. The van der Waals surface area contributed by atoms with Gasteiger partial charge < -0.3 is 5.11 Å². The lowest BCUT2D eigenvalue weighted by molar-refractivity contribution is 0.182. The van der Waals surface area contributed by atoms with Crippen molar-refractivity contribution < 1.29 is 5.11 Å². The van der Waals surface area contributed by atoms with Gasteiger partial charge in [0.15, 0.2) is 0 Å². The Hall–Kier alpha value is -1.84. The Morgan fingerprint density at radius 3 is 2.88 bits per heavy atom. The number of hydrogen-bond donors (Lipinski definition) is 1. The van der Waals surface area contributed by atoms with Gasteiger partial charge in [0.05, 0.1) is 0 Å². The number of rotatable bonds is 6. The van der Waals surface area contributed by atoms with Crippen LogP contribution in [0.15, 0.2) is 47.8 Å². The fraction of sp³-hybridized carbons (Fsp3) is 0.391. The SMILES string of the molecule is CCCN(CCc1csc2ccccc12)C1CCc2ccc(O)cc2C1. The predicted molar refractivity (Wildman–Crippen MR) is 111 cm³/mol. The Balaban J connectivity index is 1.47. The average molecular weight is 366 g/mol. The van der Waals surface area contributed by atoms with Crippen molar-refractivity contribution in [2.24, 2.45) is 0 Å². The predicted octanol–water partition coefficient (Wildman–Crippen LogP) is 5.42. The van der Waals surface area contributed by atoms with Gasteiger partial charge in [-0.1, -0.05) is 31.2 Å². The van der Waals surface area contributed by atoms with Gasteiger partial charge in [0, 0.05) is 17.3 Å². The van der Waals surface area contributed by atoms with Gasteiger partial charge in [-0.25, -0.2) is 0 Å². The highest BCUT2D eigenvalue weighted by Crippen LogP contribution is 2.29. The van der Waals surface area contributed by atoms with Crippen LogP contribution >= 0.6 is 11.3 Å². The van der Waals surface area contributed by atoms with E-state index in [1.54, 1.807) is 0 Å². The van der Waals surface area contributed by atoms with Gasteiger partial charge in [-0.15, -0.1) is 11.3 Å². The number of nitrogens with zero attached hydrogens (tertiary/aromatic N) is 1. The molecule has 136 valence electrons. The zero-order chi connectivity index (χ0) is 17.9. The van der Waals surface area contributed by atoms with E-state index in [-0.39, 0.29) is 0 Å². The minimum Gasteiger partial charge on any atom is -0.508 e. The minimum absolute atomic E-state index is 0.399. The first kappa shape index (κ1) is 17.6. The molecule has 0 amide bonds. The molecule has 1 heterocycles. The summed E-state index contributed by atoms with van der Waals surface area (Å²) in [7, 11) is 0. The van der Waals surface area contributed by atoms with Crippen LogP contribution in [0.4, 0.5) is 0 Å². The summed E-state index contributed by atoms with van der Waals surface area (Å²) in [5.41, 5.74) is 4.24. The second-order valence-corrected chi connectivity index (χ2v) is 8.30. The number of hydrogen-bond acceptors (Lipinski definition) is 3. The molecule has 0 spiro atoms. The van der Waals surface area contributed by atoms with Crippen LogP contribution in [0.3, 0.4) is 0 Å². The topological polar surface area (TPSA) is 23.5 Å². The molecule has 1 N–H and O–H groups in total. The largest absolute Gasteiger partial charge is 0.508 e. The van der Waals surface area contributed by atoms with E-state index >= 15 is 0 Å². The first-order chi connectivity index (χ1) is 12.7. The lowest BCUT2D eigenvalue weighted by Crippen LogP contribution is -2.41. The van der Waals surface area contributed by atoms with Crippen molar-refractivity contribution in [2.75, 3.05) is 13.1 Å². The molecular weight excluding hydrogens is 338 g/mol. The number of aromatic hydroxyl groups is 1. The molecule has 1 aliphatic carbocycles. The third kappa shape index (κ3) is 3.65. The highest BCUT2D eigenvalue weighted by molar-refractivity contribution is 7.17. The molecule has 0 fully saturated rings. The van der Waals surface area contributed by atoms with Crippen LogP contribution in [0.5, 0.6) is 5.75 Å². The smallest absolute Gasteiger partial charge is 0.115 e. The molecule has 0 saturated carbocycles. The third-order valence-corrected chi connectivity index (χ3v) is 6.66. The summed E-state index contributed by atoms with van der Waals surface area (Å²) < 4.78 is 1.40. The number of aryl methyl sites for hydroxylation is 1. The van der Waals surface area contributed by atoms with Gasteiger partial charge >= 0.3 is 0 Å². The van der Waals surface area contributed by atoms with Crippen molar-refractivity contribution >= 4 is 21.4 Å². The summed E-state index contributed by atoms with van der Waals surface area (Å²) >= 11 is 1.86. The molecule has 2 aromatic carbocycles. The molecule has 0 radical (unpaired) electrons. The summed E-state index contributed by atoms with van der Waals surface area (Å²) in [6.07, 6.45) is 5.72.